The zero-order valence-corrected chi connectivity index (χ0v) is 14.2. The number of halogens is 1. The van der Waals surface area contributed by atoms with Gasteiger partial charge < -0.3 is 4.90 Å². The summed E-state index contributed by atoms with van der Waals surface area (Å²) in [5, 5.41) is 9.66. The zero-order chi connectivity index (χ0) is 16.3. The summed E-state index contributed by atoms with van der Waals surface area (Å²) >= 11 is 6.09. The van der Waals surface area contributed by atoms with Gasteiger partial charge in [0.15, 0.2) is 0 Å². The number of benzene rings is 2. The zero-order valence-electron chi connectivity index (χ0n) is 13.4. The molecule has 0 unspecified atom stereocenters. The van der Waals surface area contributed by atoms with Gasteiger partial charge in [0.05, 0.1) is 11.4 Å². The molecule has 2 aromatic carbocycles. The Morgan fingerprint density at radius 3 is 2.38 bits per heavy atom. The monoisotopic (exact) mass is 336 g/mol. The maximum atomic E-state index is 6.09. The lowest BCUT2D eigenvalue weighted by molar-refractivity contribution is 0.635. The number of fused-ring (bicyclic) bond motifs is 4. The van der Waals surface area contributed by atoms with Crippen LogP contribution in [0.3, 0.4) is 0 Å². The van der Waals surface area contributed by atoms with Crippen molar-refractivity contribution in [2.75, 3.05) is 11.4 Å². The van der Waals surface area contributed by atoms with Crippen molar-refractivity contribution in [2.45, 2.75) is 25.2 Å². The Hall–Kier alpha value is -2.33. The molecule has 0 radical (unpaired) electrons. The minimum Gasteiger partial charge on any atom is -0.339 e. The molecule has 1 aliphatic carbocycles. The molecule has 120 valence electrons. The molecule has 5 heteroatoms. The number of aromatic nitrogens is 3. The van der Waals surface area contributed by atoms with E-state index in [0.717, 1.165) is 47.4 Å². The van der Waals surface area contributed by atoms with Gasteiger partial charge in [-0.1, -0.05) is 23.7 Å². The molecular formula is C19H17ClN4. The molecule has 3 aromatic rings. The van der Waals surface area contributed by atoms with Crippen LogP contribution in [0.1, 0.15) is 24.5 Å². The van der Waals surface area contributed by atoms with Crippen LogP contribution in [0.25, 0.3) is 5.69 Å². The molecule has 24 heavy (non-hydrogen) atoms. The van der Waals surface area contributed by atoms with Crippen molar-refractivity contribution < 1.29 is 0 Å². The SMILES string of the molecule is Cc1nnc2n1-c1ccccc1N(c1ccc(Cl)cc1)CC21CC1. The second-order valence-electron chi connectivity index (χ2n) is 6.74. The van der Waals surface area contributed by atoms with Gasteiger partial charge in [0.1, 0.15) is 11.6 Å². The first-order chi connectivity index (χ1) is 11.7. The van der Waals surface area contributed by atoms with Crippen molar-refractivity contribution in [3.63, 3.8) is 0 Å². The first-order valence-corrected chi connectivity index (χ1v) is 8.61. The number of rotatable bonds is 1. The quantitative estimate of drug-likeness (QED) is 0.660. The van der Waals surface area contributed by atoms with E-state index >= 15 is 0 Å². The standard InChI is InChI=1S/C19H17ClN4/c1-13-21-22-18-19(10-11-19)12-23(15-8-6-14(20)7-9-15)16-4-2-3-5-17(16)24(13)18/h2-9H,10-12H2,1H3. The highest BCUT2D eigenvalue weighted by atomic mass is 35.5. The Morgan fingerprint density at radius 2 is 1.67 bits per heavy atom. The number of nitrogens with zero attached hydrogens (tertiary/aromatic N) is 4. The maximum Gasteiger partial charge on any atom is 0.145 e. The molecule has 0 atom stereocenters. The van der Waals surface area contributed by atoms with Gasteiger partial charge in [0.25, 0.3) is 0 Å². The van der Waals surface area contributed by atoms with E-state index in [4.69, 9.17) is 11.6 Å². The average molecular weight is 337 g/mol. The van der Waals surface area contributed by atoms with Gasteiger partial charge in [-0.3, -0.25) is 4.57 Å². The molecule has 0 saturated heterocycles. The Labute approximate surface area is 145 Å². The minimum absolute atomic E-state index is 0.0971. The molecule has 1 fully saturated rings. The summed E-state index contributed by atoms with van der Waals surface area (Å²) in [6.07, 6.45) is 2.31. The topological polar surface area (TPSA) is 34.0 Å². The van der Waals surface area contributed by atoms with Gasteiger partial charge in [0.2, 0.25) is 0 Å². The van der Waals surface area contributed by atoms with Crippen LogP contribution >= 0.6 is 11.6 Å². The van der Waals surface area contributed by atoms with E-state index in [-0.39, 0.29) is 5.41 Å². The molecule has 0 amide bonds. The van der Waals surface area contributed by atoms with Crippen LogP contribution in [0, 0.1) is 6.92 Å². The van der Waals surface area contributed by atoms with E-state index in [1.54, 1.807) is 0 Å². The maximum absolute atomic E-state index is 6.09. The molecule has 1 spiro atoms. The molecule has 2 heterocycles. The van der Waals surface area contributed by atoms with E-state index in [2.05, 4.69) is 56.1 Å². The number of anilines is 2. The second-order valence-corrected chi connectivity index (χ2v) is 7.17. The van der Waals surface area contributed by atoms with Crippen molar-refractivity contribution in [2.24, 2.45) is 0 Å². The van der Waals surface area contributed by atoms with E-state index in [0.29, 0.717) is 0 Å². The summed E-state index contributed by atoms with van der Waals surface area (Å²) in [6.45, 7) is 2.95. The lowest BCUT2D eigenvalue weighted by atomic mass is 10.1. The fraction of sp³-hybridized carbons (Fsp3) is 0.263. The summed E-state index contributed by atoms with van der Waals surface area (Å²) in [4.78, 5) is 2.40. The molecule has 0 N–H and O–H groups in total. The average Bonchev–Trinajstić information content (AvgIpc) is 3.30. The van der Waals surface area contributed by atoms with Crippen molar-refractivity contribution in [3.05, 3.63) is 65.2 Å². The third-order valence-corrected chi connectivity index (χ3v) is 5.42. The summed E-state index contributed by atoms with van der Waals surface area (Å²) in [5.41, 5.74) is 3.59. The number of hydrogen-bond acceptors (Lipinski definition) is 3. The smallest absolute Gasteiger partial charge is 0.145 e. The molecule has 2 aliphatic rings. The van der Waals surface area contributed by atoms with Crippen LogP contribution in [0.2, 0.25) is 5.02 Å². The number of aryl methyl sites for hydroxylation is 1. The summed E-state index contributed by atoms with van der Waals surface area (Å²) in [6, 6.07) is 16.6. The fourth-order valence-corrected chi connectivity index (χ4v) is 3.84. The predicted molar refractivity (Wildman–Crippen MR) is 95.5 cm³/mol. The first-order valence-electron chi connectivity index (χ1n) is 8.23. The van der Waals surface area contributed by atoms with Crippen molar-refractivity contribution >= 4 is 23.0 Å². The largest absolute Gasteiger partial charge is 0.339 e. The van der Waals surface area contributed by atoms with E-state index in [1.165, 1.54) is 5.69 Å². The lowest BCUT2D eigenvalue weighted by Gasteiger charge is -2.27. The Balaban J connectivity index is 1.76. The van der Waals surface area contributed by atoms with E-state index in [1.807, 2.05) is 19.1 Å². The van der Waals surface area contributed by atoms with Crippen molar-refractivity contribution in [1.29, 1.82) is 0 Å². The van der Waals surface area contributed by atoms with Gasteiger partial charge in [-0.2, -0.15) is 0 Å². The third kappa shape index (κ3) is 1.93. The van der Waals surface area contributed by atoms with Crippen LogP contribution < -0.4 is 4.90 Å². The molecular weight excluding hydrogens is 320 g/mol. The molecule has 0 bridgehead atoms. The Kier molecular flexibility index (Phi) is 2.83. The highest BCUT2D eigenvalue weighted by molar-refractivity contribution is 6.30. The minimum atomic E-state index is 0.0971. The van der Waals surface area contributed by atoms with E-state index < -0.39 is 0 Å². The van der Waals surface area contributed by atoms with E-state index in [9.17, 15) is 0 Å². The molecule has 1 aromatic heterocycles. The van der Waals surface area contributed by atoms with Gasteiger partial charge in [-0.05, 0) is 56.2 Å². The number of para-hydroxylation sites is 2. The van der Waals surface area contributed by atoms with Crippen molar-refractivity contribution in [3.8, 4) is 5.69 Å². The van der Waals surface area contributed by atoms with Crippen LogP contribution in [-0.4, -0.2) is 21.3 Å². The second kappa shape index (κ2) is 4.84. The lowest BCUT2D eigenvalue weighted by Crippen LogP contribution is -2.28. The third-order valence-electron chi connectivity index (χ3n) is 5.17. The number of hydrogen-bond donors (Lipinski definition) is 0. The van der Waals surface area contributed by atoms with Gasteiger partial charge >= 0.3 is 0 Å². The Morgan fingerprint density at radius 1 is 0.958 bits per heavy atom. The summed E-state index contributed by atoms with van der Waals surface area (Å²) < 4.78 is 2.23. The highest BCUT2D eigenvalue weighted by Crippen LogP contribution is 2.52. The van der Waals surface area contributed by atoms with Gasteiger partial charge in [-0.15, -0.1) is 10.2 Å². The predicted octanol–water partition coefficient (Wildman–Crippen LogP) is 4.41. The fourth-order valence-electron chi connectivity index (χ4n) is 3.72. The van der Waals surface area contributed by atoms with Gasteiger partial charge in [-0.25, -0.2) is 0 Å². The molecule has 1 saturated carbocycles. The van der Waals surface area contributed by atoms with Gasteiger partial charge in [0, 0.05) is 22.7 Å². The molecule has 1 aliphatic heterocycles. The normalized spacial score (nSPS) is 17.3. The van der Waals surface area contributed by atoms with Crippen LogP contribution in [-0.2, 0) is 5.41 Å². The van der Waals surface area contributed by atoms with Crippen LogP contribution in [0.5, 0.6) is 0 Å². The van der Waals surface area contributed by atoms with Crippen LogP contribution in [0.15, 0.2) is 48.5 Å². The summed E-state index contributed by atoms with van der Waals surface area (Å²) in [7, 11) is 0. The highest BCUT2D eigenvalue weighted by Gasteiger charge is 2.52. The van der Waals surface area contributed by atoms with Crippen molar-refractivity contribution in [1.82, 2.24) is 14.8 Å². The summed E-state index contributed by atoms with van der Waals surface area (Å²) in [5.74, 6) is 2.05. The molecule has 5 rings (SSSR count). The first kappa shape index (κ1) is 14.1. The Bertz CT molecular complexity index is 925. The molecule has 4 nitrogen and oxygen atoms in total. The van der Waals surface area contributed by atoms with Crippen LogP contribution in [0.4, 0.5) is 11.4 Å².